The highest BCUT2D eigenvalue weighted by atomic mass is 19.1. The number of likely N-dealkylation sites (tertiary alicyclic amines) is 1. The summed E-state index contributed by atoms with van der Waals surface area (Å²) in [5.41, 5.74) is 1.04. The van der Waals surface area contributed by atoms with Gasteiger partial charge >= 0.3 is 6.09 Å². The molecule has 0 bridgehead atoms. The van der Waals surface area contributed by atoms with Crippen LogP contribution in [0.4, 0.5) is 14.9 Å². The van der Waals surface area contributed by atoms with Gasteiger partial charge < -0.3 is 10.1 Å². The van der Waals surface area contributed by atoms with Gasteiger partial charge in [0.2, 0.25) is 5.91 Å². The first-order chi connectivity index (χ1) is 19.0. The number of hydrogen-bond acceptors (Lipinski definition) is 4. The number of rotatable bonds is 6. The second-order valence-corrected chi connectivity index (χ2v) is 12.0. The average molecular weight is 552 g/mol. The minimum atomic E-state index is -1.04. The van der Waals surface area contributed by atoms with E-state index in [4.69, 9.17) is 4.74 Å². The SMILES string of the molecule is Cc1ccccc1[C@@H](C(=O)NC1CCCCC1)N(C(=O)C1CCCCN1C(=O)OC(C)(C)C)c1cccc(F)c1. The number of carbonyl (C=O) groups is 3. The lowest BCUT2D eigenvalue weighted by atomic mass is 9.93. The normalized spacial score (nSPS) is 19.0. The van der Waals surface area contributed by atoms with Gasteiger partial charge in [-0.1, -0.05) is 49.6 Å². The van der Waals surface area contributed by atoms with Gasteiger partial charge in [-0.25, -0.2) is 9.18 Å². The summed E-state index contributed by atoms with van der Waals surface area (Å²) in [4.78, 5) is 44.8. The van der Waals surface area contributed by atoms with Gasteiger partial charge in [0.15, 0.2) is 0 Å². The molecule has 1 saturated heterocycles. The molecule has 0 spiro atoms. The maximum absolute atomic E-state index is 14.6. The summed E-state index contributed by atoms with van der Waals surface area (Å²) in [6.45, 7) is 7.63. The molecule has 2 aromatic rings. The van der Waals surface area contributed by atoms with Crippen molar-refractivity contribution in [3.05, 3.63) is 65.5 Å². The van der Waals surface area contributed by atoms with Crippen LogP contribution in [-0.4, -0.2) is 47.0 Å². The van der Waals surface area contributed by atoms with Crippen molar-refractivity contribution in [3.8, 4) is 0 Å². The van der Waals surface area contributed by atoms with Crippen LogP contribution in [0.2, 0.25) is 0 Å². The second kappa shape index (κ2) is 12.8. The number of anilines is 1. The van der Waals surface area contributed by atoms with Crippen molar-refractivity contribution >= 4 is 23.6 Å². The van der Waals surface area contributed by atoms with Crippen LogP contribution in [0.15, 0.2) is 48.5 Å². The summed E-state index contributed by atoms with van der Waals surface area (Å²) >= 11 is 0. The zero-order chi connectivity index (χ0) is 28.9. The lowest BCUT2D eigenvalue weighted by Crippen LogP contribution is -2.57. The van der Waals surface area contributed by atoms with Crippen LogP contribution in [0, 0.1) is 12.7 Å². The molecular weight excluding hydrogens is 509 g/mol. The van der Waals surface area contributed by atoms with Crippen LogP contribution in [0.1, 0.15) is 89.3 Å². The smallest absolute Gasteiger partial charge is 0.410 e. The highest BCUT2D eigenvalue weighted by Gasteiger charge is 2.42. The maximum Gasteiger partial charge on any atom is 0.410 e. The number of benzene rings is 2. The van der Waals surface area contributed by atoms with Crippen molar-refractivity contribution in [3.63, 3.8) is 0 Å². The van der Waals surface area contributed by atoms with Crippen molar-refractivity contribution in [2.24, 2.45) is 0 Å². The first-order valence-electron chi connectivity index (χ1n) is 14.5. The Balaban J connectivity index is 1.79. The van der Waals surface area contributed by atoms with Crippen LogP contribution in [0.5, 0.6) is 0 Å². The largest absolute Gasteiger partial charge is 0.444 e. The number of ether oxygens (including phenoxy) is 1. The summed E-state index contributed by atoms with van der Waals surface area (Å²) < 4.78 is 20.3. The molecular formula is C32H42FN3O4. The van der Waals surface area contributed by atoms with Crippen molar-refractivity contribution < 1.29 is 23.5 Å². The zero-order valence-corrected chi connectivity index (χ0v) is 24.1. The standard InChI is InChI=1S/C32H42FN3O4/c1-22-13-8-9-18-26(22)28(29(37)34-24-15-6-5-7-16-24)36(25-17-12-14-23(33)21-25)30(38)27-19-10-11-20-35(27)31(39)40-32(2,3)4/h8-9,12-14,17-18,21,24,27-28H,5-7,10-11,15-16,19-20H2,1-4H3,(H,34,37)/t27?,28-/m0/s1. The molecule has 1 aliphatic carbocycles. The summed E-state index contributed by atoms with van der Waals surface area (Å²) in [6.07, 6.45) is 6.34. The first kappa shape index (κ1) is 29.6. The lowest BCUT2D eigenvalue weighted by molar-refractivity contribution is -0.130. The summed E-state index contributed by atoms with van der Waals surface area (Å²) in [5, 5.41) is 3.20. The first-order valence-corrected chi connectivity index (χ1v) is 14.5. The highest BCUT2D eigenvalue weighted by Crippen LogP contribution is 2.34. The molecule has 2 aromatic carbocycles. The van der Waals surface area contributed by atoms with E-state index in [9.17, 15) is 18.8 Å². The molecule has 2 fully saturated rings. The van der Waals surface area contributed by atoms with E-state index in [1.165, 1.54) is 28.0 Å². The van der Waals surface area contributed by atoms with E-state index in [-0.39, 0.29) is 17.6 Å². The minimum absolute atomic E-state index is 0.0187. The Morgan fingerprint density at radius 1 is 0.975 bits per heavy atom. The monoisotopic (exact) mass is 551 g/mol. The quantitative estimate of drug-likeness (QED) is 0.448. The number of aryl methyl sites for hydroxylation is 1. The Kier molecular flexibility index (Phi) is 9.48. The molecule has 7 nitrogen and oxygen atoms in total. The van der Waals surface area contributed by atoms with E-state index in [1.807, 2.05) is 31.2 Å². The maximum atomic E-state index is 14.6. The molecule has 1 unspecified atom stereocenters. The summed E-state index contributed by atoms with van der Waals surface area (Å²) in [6, 6.07) is 11.4. The van der Waals surface area contributed by atoms with Crippen LogP contribution >= 0.6 is 0 Å². The van der Waals surface area contributed by atoms with E-state index < -0.39 is 35.5 Å². The molecule has 216 valence electrons. The van der Waals surface area contributed by atoms with Crippen LogP contribution < -0.4 is 10.2 Å². The molecule has 8 heteroatoms. The van der Waals surface area contributed by atoms with Gasteiger partial charge in [-0.2, -0.15) is 0 Å². The van der Waals surface area contributed by atoms with Crippen molar-refractivity contribution in [2.45, 2.75) is 103 Å². The number of piperidine rings is 1. The van der Waals surface area contributed by atoms with E-state index >= 15 is 0 Å². The van der Waals surface area contributed by atoms with Crippen molar-refractivity contribution in [1.82, 2.24) is 10.2 Å². The average Bonchev–Trinajstić information content (AvgIpc) is 2.91. The number of hydrogen-bond donors (Lipinski definition) is 1. The number of carbonyl (C=O) groups excluding carboxylic acids is 3. The molecule has 3 amide bonds. The van der Waals surface area contributed by atoms with E-state index in [1.54, 1.807) is 26.8 Å². The molecule has 40 heavy (non-hydrogen) atoms. The van der Waals surface area contributed by atoms with Crippen LogP contribution in [-0.2, 0) is 14.3 Å². The second-order valence-electron chi connectivity index (χ2n) is 12.0. The van der Waals surface area contributed by atoms with E-state index in [0.717, 1.165) is 50.5 Å². The zero-order valence-electron chi connectivity index (χ0n) is 24.1. The van der Waals surface area contributed by atoms with Gasteiger partial charge in [0.1, 0.15) is 23.5 Å². The Hall–Kier alpha value is -3.42. The fraction of sp³-hybridized carbons (Fsp3) is 0.531. The molecule has 0 radical (unpaired) electrons. The molecule has 0 aromatic heterocycles. The van der Waals surface area contributed by atoms with E-state index in [2.05, 4.69) is 5.32 Å². The van der Waals surface area contributed by atoms with Gasteiger partial charge in [-0.15, -0.1) is 0 Å². The fourth-order valence-electron chi connectivity index (χ4n) is 5.74. The van der Waals surface area contributed by atoms with Gasteiger partial charge in [-0.05, 0) is 89.1 Å². The third kappa shape index (κ3) is 7.20. The third-order valence-electron chi connectivity index (χ3n) is 7.68. The third-order valence-corrected chi connectivity index (χ3v) is 7.68. The predicted octanol–water partition coefficient (Wildman–Crippen LogP) is 6.45. The van der Waals surface area contributed by atoms with E-state index in [0.29, 0.717) is 18.5 Å². The molecule has 4 rings (SSSR count). The molecule has 1 saturated carbocycles. The topological polar surface area (TPSA) is 79.0 Å². The predicted molar refractivity (Wildman–Crippen MR) is 153 cm³/mol. The minimum Gasteiger partial charge on any atom is -0.444 e. The Morgan fingerprint density at radius 3 is 2.35 bits per heavy atom. The summed E-state index contributed by atoms with van der Waals surface area (Å²) in [5.74, 6) is -1.25. The lowest BCUT2D eigenvalue weighted by Gasteiger charge is -2.41. The number of nitrogens with one attached hydrogen (secondary N) is 1. The highest BCUT2D eigenvalue weighted by molar-refractivity contribution is 6.04. The van der Waals surface area contributed by atoms with Gasteiger partial charge in [0.05, 0.1) is 0 Å². The molecule has 2 aliphatic rings. The summed E-state index contributed by atoms with van der Waals surface area (Å²) in [7, 11) is 0. The molecule has 1 N–H and O–H groups in total. The number of nitrogens with zero attached hydrogens (tertiary/aromatic N) is 2. The van der Waals surface area contributed by atoms with Crippen molar-refractivity contribution in [2.75, 3.05) is 11.4 Å². The number of amides is 3. The van der Waals surface area contributed by atoms with Gasteiger partial charge in [0, 0.05) is 18.3 Å². The Bertz CT molecular complexity index is 1200. The van der Waals surface area contributed by atoms with Gasteiger partial charge in [0.25, 0.3) is 5.91 Å². The fourth-order valence-corrected chi connectivity index (χ4v) is 5.74. The van der Waals surface area contributed by atoms with Crippen LogP contribution in [0.3, 0.4) is 0 Å². The molecule has 2 atom stereocenters. The Morgan fingerprint density at radius 2 is 1.68 bits per heavy atom. The van der Waals surface area contributed by atoms with Gasteiger partial charge in [-0.3, -0.25) is 19.4 Å². The van der Waals surface area contributed by atoms with Crippen LogP contribution in [0.25, 0.3) is 0 Å². The molecule has 1 heterocycles. The molecule has 1 aliphatic heterocycles. The Labute approximate surface area is 237 Å². The van der Waals surface area contributed by atoms with Crippen molar-refractivity contribution in [1.29, 1.82) is 0 Å². The number of halogens is 1.